The van der Waals surface area contributed by atoms with E-state index in [-0.39, 0.29) is 29.1 Å². The maximum Gasteiger partial charge on any atom is 0.289 e. The predicted molar refractivity (Wildman–Crippen MR) is 112 cm³/mol. The summed E-state index contributed by atoms with van der Waals surface area (Å²) >= 11 is 5.94. The van der Waals surface area contributed by atoms with Gasteiger partial charge in [-0.05, 0) is 36.4 Å². The Morgan fingerprint density at radius 3 is 2.55 bits per heavy atom. The van der Waals surface area contributed by atoms with Crippen LogP contribution in [-0.4, -0.2) is 41.9 Å². The third-order valence-corrected chi connectivity index (χ3v) is 5.44. The van der Waals surface area contributed by atoms with E-state index < -0.39 is 5.82 Å². The van der Waals surface area contributed by atoms with Gasteiger partial charge in [-0.25, -0.2) is 8.78 Å². The average Bonchev–Trinajstić information content (AvgIpc) is 3.24. The summed E-state index contributed by atoms with van der Waals surface area (Å²) in [5, 5.41) is 0.163. The number of halogens is 3. The largest absolute Gasteiger partial charge is 0.484 e. The second-order valence-corrected chi connectivity index (χ2v) is 7.70. The summed E-state index contributed by atoms with van der Waals surface area (Å²) < 4.78 is 38.1. The molecular formula is C23H21ClF2N2O3. The van der Waals surface area contributed by atoms with Gasteiger partial charge in [0.15, 0.2) is 5.76 Å². The average molecular weight is 447 g/mol. The Morgan fingerprint density at radius 2 is 1.81 bits per heavy atom. The van der Waals surface area contributed by atoms with E-state index in [1.54, 1.807) is 29.2 Å². The van der Waals surface area contributed by atoms with Crippen LogP contribution in [0.5, 0.6) is 5.75 Å². The van der Waals surface area contributed by atoms with E-state index in [1.165, 1.54) is 24.3 Å². The number of carbonyl (C=O) groups is 1. The van der Waals surface area contributed by atoms with Gasteiger partial charge >= 0.3 is 0 Å². The van der Waals surface area contributed by atoms with Gasteiger partial charge in [-0.1, -0.05) is 29.8 Å². The van der Waals surface area contributed by atoms with Crippen molar-refractivity contribution in [2.24, 2.45) is 0 Å². The summed E-state index contributed by atoms with van der Waals surface area (Å²) in [5.41, 5.74) is 0.652. The van der Waals surface area contributed by atoms with Gasteiger partial charge in [-0.15, -0.1) is 0 Å². The zero-order chi connectivity index (χ0) is 21.8. The van der Waals surface area contributed by atoms with Crippen LogP contribution in [0.15, 0.2) is 59.0 Å². The fourth-order valence-corrected chi connectivity index (χ4v) is 3.67. The van der Waals surface area contributed by atoms with E-state index >= 15 is 0 Å². The van der Waals surface area contributed by atoms with Crippen LogP contribution < -0.4 is 4.74 Å². The normalized spacial score (nSPS) is 14.6. The van der Waals surface area contributed by atoms with Gasteiger partial charge in [-0.2, -0.15) is 0 Å². The fraction of sp³-hybridized carbons (Fsp3) is 0.261. The number of carbonyl (C=O) groups excluding carboxylic acids is 1. The van der Waals surface area contributed by atoms with Crippen molar-refractivity contribution in [3.8, 4) is 5.75 Å². The highest BCUT2D eigenvalue weighted by molar-refractivity contribution is 6.32. The van der Waals surface area contributed by atoms with Crippen molar-refractivity contribution < 1.29 is 22.7 Å². The first-order valence-corrected chi connectivity index (χ1v) is 10.3. The molecule has 5 nitrogen and oxygen atoms in total. The van der Waals surface area contributed by atoms with Crippen molar-refractivity contribution in [1.82, 2.24) is 9.80 Å². The number of benzene rings is 2. The number of piperazine rings is 1. The lowest BCUT2D eigenvalue weighted by atomic mass is 10.2. The lowest BCUT2D eigenvalue weighted by molar-refractivity contribution is 0.0592. The van der Waals surface area contributed by atoms with Gasteiger partial charge in [0.2, 0.25) is 0 Å². The molecule has 0 bridgehead atoms. The molecule has 0 unspecified atom stereocenters. The molecule has 1 aliphatic rings. The molecule has 0 atom stereocenters. The van der Waals surface area contributed by atoms with Gasteiger partial charge in [0.05, 0.1) is 5.02 Å². The van der Waals surface area contributed by atoms with Gasteiger partial charge in [0, 0.05) is 38.3 Å². The molecule has 1 saturated heterocycles. The first-order valence-electron chi connectivity index (χ1n) is 9.91. The van der Waals surface area contributed by atoms with Crippen LogP contribution in [-0.2, 0) is 13.2 Å². The van der Waals surface area contributed by atoms with E-state index in [4.69, 9.17) is 20.8 Å². The van der Waals surface area contributed by atoms with Gasteiger partial charge in [0.25, 0.3) is 5.91 Å². The van der Waals surface area contributed by atoms with Crippen molar-refractivity contribution in [1.29, 1.82) is 0 Å². The molecule has 0 saturated carbocycles. The Labute approximate surface area is 183 Å². The number of hydrogen-bond donors (Lipinski definition) is 0. The zero-order valence-electron chi connectivity index (χ0n) is 16.7. The highest BCUT2D eigenvalue weighted by Crippen LogP contribution is 2.26. The lowest BCUT2D eigenvalue weighted by Crippen LogP contribution is -2.48. The van der Waals surface area contributed by atoms with E-state index in [1.807, 2.05) is 6.07 Å². The smallest absolute Gasteiger partial charge is 0.289 e. The zero-order valence-corrected chi connectivity index (χ0v) is 17.4. The van der Waals surface area contributed by atoms with Gasteiger partial charge in [0.1, 0.15) is 29.8 Å². The minimum absolute atomic E-state index is 0.0645. The van der Waals surface area contributed by atoms with Crippen molar-refractivity contribution in [3.63, 3.8) is 0 Å². The Morgan fingerprint density at radius 1 is 1.03 bits per heavy atom. The maximum atomic E-state index is 13.8. The quantitative estimate of drug-likeness (QED) is 0.548. The number of nitrogens with zero attached hydrogens (tertiary/aromatic N) is 2. The Bertz CT molecular complexity index is 1060. The third-order valence-electron chi connectivity index (χ3n) is 5.15. The molecule has 31 heavy (non-hydrogen) atoms. The Kier molecular flexibility index (Phi) is 6.53. The predicted octanol–water partition coefficient (Wildman–Crippen LogP) is 4.75. The van der Waals surface area contributed by atoms with Crippen LogP contribution in [0.4, 0.5) is 8.78 Å². The van der Waals surface area contributed by atoms with Crippen molar-refractivity contribution in [3.05, 3.63) is 88.3 Å². The van der Waals surface area contributed by atoms with Crippen LogP contribution in [0.3, 0.4) is 0 Å². The van der Waals surface area contributed by atoms with E-state index in [0.717, 1.165) is 0 Å². The summed E-state index contributed by atoms with van der Waals surface area (Å²) in [6.45, 7) is 2.95. The first-order chi connectivity index (χ1) is 15.0. The lowest BCUT2D eigenvalue weighted by Gasteiger charge is -2.34. The van der Waals surface area contributed by atoms with Crippen LogP contribution in [0.2, 0.25) is 5.02 Å². The molecule has 2 aromatic carbocycles. The highest BCUT2D eigenvalue weighted by Gasteiger charge is 2.24. The molecule has 1 aromatic heterocycles. The molecule has 0 spiro atoms. The second kappa shape index (κ2) is 9.49. The van der Waals surface area contributed by atoms with Crippen molar-refractivity contribution >= 4 is 17.5 Å². The Balaban J connectivity index is 1.29. The maximum absolute atomic E-state index is 13.8. The topological polar surface area (TPSA) is 45.9 Å². The minimum atomic E-state index is -0.447. The monoisotopic (exact) mass is 446 g/mol. The van der Waals surface area contributed by atoms with E-state index in [2.05, 4.69) is 4.90 Å². The molecular weight excluding hydrogens is 426 g/mol. The summed E-state index contributed by atoms with van der Waals surface area (Å²) in [4.78, 5) is 16.6. The fourth-order valence-electron chi connectivity index (χ4n) is 3.44. The van der Waals surface area contributed by atoms with Crippen LogP contribution >= 0.6 is 11.6 Å². The van der Waals surface area contributed by atoms with Crippen LogP contribution in [0, 0.1) is 11.6 Å². The number of rotatable bonds is 6. The molecule has 2 heterocycles. The number of furan rings is 1. The molecule has 0 aliphatic carbocycles. The van der Waals surface area contributed by atoms with E-state index in [9.17, 15) is 13.6 Å². The highest BCUT2D eigenvalue weighted by atomic mass is 35.5. The van der Waals surface area contributed by atoms with Crippen molar-refractivity contribution in [2.45, 2.75) is 13.2 Å². The summed E-state index contributed by atoms with van der Waals surface area (Å²) in [6.07, 6.45) is 0. The number of amides is 1. The van der Waals surface area contributed by atoms with E-state index in [0.29, 0.717) is 49.8 Å². The Hall–Kier alpha value is -2.90. The van der Waals surface area contributed by atoms with Crippen LogP contribution in [0.25, 0.3) is 0 Å². The number of hydrogen-bond acceptors (Lipinski definition) is 4. The summed E-state index contributed by atoms with van der Waals surface area (Å²) in [5.74, 6) is 0.161. The second-order valence-electron chi connectivity index (χ2n) is 7.29. The molecule has 0 N–H and O–H groups in total. The minimum Gasteiger partial charge on any atom is -0.484 e. The van der Waals surface area contributed by atoms with Crippen LogP contribution in [0.1, 0.15) is 21.9 Å². The van der Waals surface area contributed by atoms with Gasteiger partial charge in [-0.3, -0.25) is 9.69 Å². The molecule has 3 aromatic rings. The van der Waals surface area contributed by atoms with Crippen molar-refractivity contribution in [2.75, 3.05) is 26.2 Å². The number of ether oxygens (including phenoxy) is 1. The molecule has 4 rings (SSSR count). The van der Waals surface area contributed by atoms with Gasteiger partial charge < -0.3 is 14.1 Å². The molecule has 0 radical (unpaired) electrons. The molecule has 1 amide bonds. The third kappa shape index (κ3) is 5.24. The first kappa shape index (κ1) is 21.3. The standard InChI is InChI=1S/C23H21ClF2N2O3/c24-19-13-17(25)5-7-21(19)30-15-18-6-8-22(31-18)23(29)28-11-9-27(10-12-28)14-16-3-1-2-4-20(16)26/h1-8,13H,9-12,14-15H2. The molecule has 1 fully saturated rings. The summed E-state index contributed by atoms with van der Waals surface area (Å²) in [6, 6.07) is 13.9. The summed E-state index contributed by atoms with van der Waals surface area (Å²) in [7, 11) is 0. The molecule has 162 valence electrons. The molecule has 8 heteroatoms. The SMILES string of the molecule is O=C(c1ccc(COc2ccc(F)cc2Cl)o1)N1CCN(Cc2ccccc2F)CC1. The molecule has 1 aliphatic heterocycles.